The van der Waals surface area contributed by atoms with Gasteiger partial charge in [-0.3, -0.25) is 10.1 Å². The number of halogens is 2. The van der Waals surface area contributed by atoms with Gasteiger partial charge >= 0.3 is 12.1 Å². The van der Waals surface area contributed by atoms with E-state index in [-0.39, 0.29) is 5.76 Å². The van der Waals surface area contributed by atoms with E-state index >= 15 is 0 Å². The van der Waals surface area contributed by atoms with Crippen LogP contribution in [-0.4, -0.2) is 31.2 Å². The molecule has 132 valence electrons. The first-order valence-corrected chi connectivity index (χ1v) is 7.72. The summed E-state index contributed by atoms with van der Waals surface area (Å²) >= 11 is 12.0. The van der Waals surface area contributed by atoms with E-state index in [1.165, 1.54) is 19.1 Å². The van der Waals surface area contributed by atoms with Crippen molar-refractivity contribution in [1.82, 2.24) is 5.32 Å². The van der Waals surface area contributed by atoms with Crippen molar-refractivity contribution >= 4 is 41.2 Å². The molecule has 0 saturated heterocycles. The number of imide groups is 1. The van der Waals surface area contributed by atoms with Gasteiger partial charge in [0.05, 0.1) is 12.1 Å². The van der Waals surface area contributed by atoms with Gasteiger partial charge in [0.2, 0.25) is 5.76 Å². The molecule has 0 unspecified atom stereocenters. The average Bonchev–Trinajstić information content (AvgIpc) is 3.06. The number of amides is 2. The molecule has 0 aliphatic rings. The number of benzene rings is 1. The molecule has 1 aromatic heterocycles. The Morgan fingerprint density at radius 1 is 1.16 bits per heavy atom. The van der Waals surface area contributed by atoms with Crippen LogP contribution in [0.15, 0.2) is 34.7 Å². The van der Waals surface area contributed by atoms with Crippen molar-refractivity contribution in [3.8, 4) is 11.3 Å². The molecule has 0 aliphatic carbocycles. The number of esters is 1. The van der Waals surface area contributed by atoms with Crippen molar-refractivity contribution in [3.63, 3.8) is 0 Å². The van der Waals surface area contributed by atoms with Crippen molar-refractivity contribution in [2.75, 3.05) is 7.11 Å². The van der Waals surface area contributed by atoms with E-state index in [9.17, 15) is 14.4 Å². The Labute approximate surface area is 152 Å². The molecule has 9 heteroatoms. The normalized spacial score (nSPS) is 11.5. The van der Waals surface area contributed by atoms with Crippen LogP contribution in [0.5, 0.6) is 0 Å². The van der Waals surface area contributed by atoms with Crippen LogP contribution in [0.25, 0.3) is 11.3 Å². The number of hydrogen-bond donors (Lipinski definition) is 1. The molecular formula is C16H13Cl2NO6. The zero-order valence-corrected chi connectivity index (χ0v) is 14.7. The molecular weight excluding hydrogens is 373 g/mol. The highest BCUT2D eigenvalue weighted by molar-refractivity contribution is 6.35. The minimum absolute atomic E-state index is 0.135. The zero-order chi connectivity index (χ0) is 18.6. The highest BCUT2D eigenvalue weighted by atomic mass is 35.5. The van der Waals surface area contributed by atoms with Gasteiger partial charge in [-0.05, 0) is 37.3 Å². The summed E-state index contributed by atoms with van der Waals surface area (Å²) in [6, 6.07) is 7.70. The molecule has 2 aromatic rings. The number of hydrogen-bond acceptors (Lipinski definition) is 6. The van der Waals surface area contributed by atoms with Gasteiger partial charge in [-0.2, -0.15) is 0 Å². The van der Waals surface area contributed by atoms with Crippen LogP contribution in [0.2, 0.25) is 10.0 Å². The molecule has 0 radical (unpaired) electrons. The van der Waals surface area contributed by atoms with Crippen molar-refractivity contribution in [2.45, 2.75) is 13.0 Å². The Morgan fingerprint density at radius 2 is 1.88 bits per heavy atom. The molecule has 2 rings (SSSR count). The summed E-state index contributed by atoms with van der Waals surface area (Å²) in [5.41, 5.74) is 0.504. The van der Waals surface area contributed by atoms with Crippen LogP contribution in [0.1, 0.15) is 17.5 Å². The fourth-order valence-corrected chi connectivity index (χ4v) is 2.19. The number of ether oxygens (including phenoxy) is 2. The summed E-state index contributed by atoms with van der Waals surface area (Å²) in [5, 5.41) is 2.74. The largest absolute Gasteiger partial charge is 0.453 e. The Kier molecular flexibility index (Phi) is 6.06. The summed E-state index contributed by atoms with van der Waals surface area (Å²) in [7, 11) is 1.10. The van der Waals surface area contributed by atoms with E-state index in [1.54, 1.807) is 18.2 Å². The maximum atomic E-state index is 12.0. The molecule has 0 fully saturated rings. The Hall–Kier alpha value is -2.51. The first-order chi connectivity index (χ1) is 11.8. The molecule has 1 N–H and O–H groups in total. The lowest BCUT2D eigenvalue weighted by atomic mass is 10.2. The molecule has 0 aliphatic heterocycles. The predicted octanol–water partition coefficient (Wildman–Crippen LogP) is 3.68. The van der Waals surface area contributed by atoms with Crippen molar-refractivity contribution in [3.05, 3.63) is 46.1 Å². The number of carbonyl (C=O) groups excluding carboxylic acids is 3. The number of nitrogens with one attached hydrogen (secondary N) is 1. The van der Waals surface area contributed by atoms with Crippen LogP contribution in [0.4, 0.5) is 4.79 Å². The minimum atomic E-state index is -1.23. The molecule has 1 atom stereocenters. The molecule has 0 saturated carbocycles. The van der Waals surface area contributed by atoms with Gasteiger partial charge in [0.1, 0.15) is 5.76 Å². The summed E-state index contributed by atoms with van der Waals surface area (Å²) < 4.78 is 14.6. The Morgan fingerprint density at radius 3 is 2.56 bits per heavy atom. The summed E-state index contributed by atoms with van der Waals surface area (Å²) in [6.07, 6.45) is -2.18. The lowest BCUT2D eigenvalue weighted by Gasteiger charge is -2.11. The third kappa shape index (κ3) is 4.74. The maximum Gasteiger partial charge on any atom is 0.413 e. The van der Waals surface area contributed by atoms with Crippen LogP contribution in [0, 0.1) is 0 Å². The van der Waals surface area contributed by atoms with Crippen molar-refractivity contribution < 1.29 is 28.3 Å². The standard InChI is InChI=1S/C16H13Cl2NO6/c1-8(14(20)19-16(22)23-2)24-15(21)13-6-5-12(25-13)10-7-9(17)3-4-11(10)18/h3-8H,1-2H3,(H,19,20,22)/t8-/m0/s1. The Balaban J connectivity index is 2.09. The smallest absolute Gasteiger partial charge is 0.413 e. The lowest BCUT2D eigenvalue weighted by molar-refractivity contribution is -0.128. The lowest BCUT2D eigenvalue weighted by Crippen LogP contribution is -2.39. The average molecular weight is 386 g/mol. The second-order valence-electron chi connectivity index (χ2n) is 4.82. The summed E-state index contributed by atoms with van der Waals surface area (Å²) in [5.74, 6) is -1.53. The highest BCUT2D eigenvalue weighted by Crippen LogP contribution is 2.32. The van der Waals surface area contributed by atoms with Gasteiger partial charge in [0, 0.05) is 10.6 Å². The maximum absolute atomic E-state index is 12.0. The van der Waals surface area contributed by atoms with Gasteiger partial charge in [-0.25, -0.2) is 9.59 Å². The van der Waals surface area contributed by atoms with Crippen LogP contribution < -0.4 is 5.32 Å². The Bertz CT molecular complexity index is 817. The molecule has 0 bridgehead atoms. The molecule has 1 aromatic carbocycles. The van der Waals surface area contributed by atoms with Gasteiger partial charge in [0.15, 0.2) is 6.10 Å². The second-order valence-corrected chi connectivity index (χ2v) is 5.66. The first-order valence-electron chi connectivity index (χ1n) is 6.97. The molecule has 25 heavy (non-hydrogen) atoms. The van der Waals surface area contributed by atoms with E-state index < -0.39 is 24.1 Å². The number of furan rings is 1. The van der Waals surface area contributed by atoms with Gasteiger partial charge < -0.3 is 13.9 Å². The number of methoxy groups -OCH3 is 1. The van der Waals surface area contributed by atoms with E-state index in [2.05, 4.69) is 4.74 Å². The summed E-state index contributed by atoms with van der Waals surface area (Å²) in [4.78, 5) is 34.6. The van der Waals surface area contributed by atoms with Crippen LogP contribution in [-0.2, 0) is 14.3 Å². The highest BCUT2D eigenvalue weighted by Gasteiger charge is 2.23. The topological polar surface area (TPSA) is 94.8 Å². The minimum Gasteiger partial charge on any atom is -0.453 e. The number of alkyl carbamates (subject to hydrolysis) is 1. The van der Waals surface area contributed by atoms with Gasteiger partial charge in [0.25, 0.3) is 5.91 Å². The van der Waals surface area contributed by atoms with Crippen molar-refractivity contribution in [1.29, 1.82) is 0 Å². The van der Waals surface area contributed by atoms with E-state index in [1.807, 2.05) is 5.32 Å². The van der Waals surface area contributed by atoms with Gasteiger partial charge in [-0.15, -0.1) is 0 Å². The van der Waals surface area contributed by atoms with E-state index in [0.29, 0.717) is 21.4 Å². The van der Waals surface area contributed by atoms with Crippen molar-refractivity contribution in [2.24, 2.45) is 0 Å². The molecule has 7 nitrogen and oxygen atoms in total. The number of rotatable bonds is 4. The van der Waals surface area contributed by atoms with Crippen LogP contribution >= 0.6 is 23.2 Å². The monoisotopic (exact) mass is 385 g/mol. The quantitative estimate of drug-likeness (QED) is 0.806. The fraction of sp³-hybridized carbons (Fsp3) is 0.188. The van der Waals surface area contributed by atoms with Gasteiger partial charge in [-0.1, -0.05) is 23.2 Å². The third-order valence-corrected chi connectivity index (χ3v) is 3.63. The first kappa shape index (κ1) is 18.8. The second kappa shape index (κ2) is 8.04. The zero-order valence-electron chi connectivity index (χ0n) is 13.2. The fourth-order valence-electron chi connectivity index (χ4n) is 1.80. The third-order valence-electron chi connectivity index (χ3n) is 3.06. The predicted molar refractivity (Wildman–Crippen MR) is 89.6 cm³/mol. The number of carbonyl (C=O) groups is 3. The van der Waals surface area contributed by atoms with E-state index in [0.717, 1.165) is 7.11 Å². The molecule has 1 heterocycles. The summed E-state index contributed by atoms with van der Waals surface area (Å²) in [6.45, 7) is 1.30. The van der Waals surface area contributed by atoms with E-state index in [4.69, 9.17) is 32.4 Å². The molecule has 0 spiro atoms. The van der Waals surface area contributed by atoms with Crippen LogP contribution in [0.3, 0.4) is 0 Å². The SMILES string of the molecule is COC(=O)NC(=O)[C@H](C)OC(=O)c1ccc(-c2cc(Cl)ccc2Cl)o1. The molecule has 2 amide bonds.